The van der Waals surface area contributed by atoms with Gasteiger partial charge in [-0.2, -0.15) is 0 Å². The number of aryl methyl sites for hydroxylation is 2. The molecular formula is C20H16BrN3O3S. The molecule has 0 fully saturated rings. The van der Waals surface area contributed by atoms with Crippen LogP contribution in [0.3, 0.4) is 0 Å². The first kappa shape index (κ1) is 18.6. The van der Waals surface area contributed by atoms with E-state index in [9.17, 15) is 4.79 Å². The molecule has 2 heterocycles. The molecule has 2 aromatic heterocycles. The summed E-state index contributed by atoms with van der Waals surface area (Å²) in [6, 6.07) is 13.1. The van der Waals surface area contributed by atoms with Crippen molar-refractivity contribution in [3.8, 4) is 5.75 Å². The molecule has 0 saturated heterocycles. The molecule has 0 aliphatic rings. The average molecular weight is 458 g/mol. The number of ether oxygens (including phenoxy) is 1. The average Bonchev–Trinajstić information content (AvgIpc) is 3.11. The van der Waals surface area contributed by atoms with Crippen LogP contribution >= 0.6 is 27.3 Å². The molecule has 0 unspecified atom stereocenters. The molecule has 0 radical (unpaired) electrons. The van der Waals surface area contributed by atoms with E-state index in [1.54, 1.807) is 0 Å². The first-order valence-electron chi connectivity index (χ1n) is 8.51. The molecule has 0 spiro atoms. The van der Waals surface area contributed by atoms with Gasteiger partial charge in [-0.3, -0.25) is 0 Å². The molecule has 0 atom stereocenters. The van der Waals surface area contributed by atoms with E-state index in [1.165, 1.54) is 17.4 Å². The van der Waals surface area contributed by atoms with E-state index in [0.29, 0.717) is 16.5 Å². The Kier molecular flexibility index (Phi) is 5.15. The molecule has 4 aromatic rings. The minimum absolute atomic E-state index is 0.280. The van der Waals surface area contributed by atoms with Crippen molar-refractivity contribution in [1.29, 1.82) is 0 Å². The zero-order chi connectivity index (χ0) is 19.7. The van der Waals surface area contributed by atoms with Gasteiger partial charge >= 0.3 is 5.63 Å². The van der Waals surface area contributed by atoms with Crippen LogP contribution in [0.5, 0.6) is 5.75 Å². The number of rotatable bonds is 5. The van der Waals surface area contributed by atoms with E-state index in [-0.39, 0.29) is 12.2 Å². The van der Waals surface area contributed by atoms with Crippen molar-refractivity contribution >= 4 is 49.1 Å². The topological polar surface area (TPSA) is 77.2 Å². The second kappa shape index (κ2) is 7.73. The summed E-state index contributed by atoms with van der Waals surface area (Å²) in [5, 5.41) is 13.9. The van der Waals surface area contributed by atoms with Crippen LogP contribution < -0.4 is 15.7 Å². The van der Waals surface area contributed by atoms with Gasteiger partial charge in [0.25, 0.3) is 0 Å². The number of nitrogens with zero attached hydrogens (tertiary/aromatic N) is 2. The Labute approximate surface area is 173 Å². The predicted octanol–water partition coefficient (Wildman–Crippen LogP) is 5.35. The Bertz CT molecular complexity index is 1200. The van der Waals surface area contributed by atoms with E-state index in [4.69, 9.17) is 9.15 Å². The maximum Gasteiger partial charge on any atom is 0.336 e. The third-order valence-electron chi connectivity index (χ3n) is 4.23. The zero-order valence-corrected chi connectivity index (χ0v) is 17.6. The number of aromatic nitrogens is 2. The van der Waals surface area contributed by atoms with Crippen molar-refractivity contribution in [2.45, 2.75) is 20.5 Å². The lowest BCUT2D eigenvalue weighted by Gasteiger charge is -2.10. The molecule has 0 saturated carbocycles. The van der Waals surface area contributed by atoms with Crippen LogP contribution in [0, 0.1) is 13.8 Å². The van der Waals surface area contributed by atoms with Crippen LogP contribution in [0.1, 0.15) is 16.1 Å². The summed E-state index contributed by atoms with van der Waals surface area (Å²) < 4.78 is 12.3. The van der Waals surface area contributed by atoms with Gasteiger partial charge < -0.3 is 14.5 Å². The van der Waals surface area contributed by atoms with Crippen molar-refractivity contribution in [1.82, 2.24) is 10.2 Å². The third kappa shape index (κ3) is 3.93. The van der Waals surface area contributed by atoms with Crippen LogP contribution in [-0.4, -0.2) is 10.2 Å². The maximum absolute atomic E-state index is 11.7. The van der Waals surface area contributed by atoms with E-state index in [1.807, 2.05) is 50.2 Å². The summed E-state index contributed by atoms with van der Waals surface area (Å²) in [6.07, 6.45) is 0. The van der Waals surface area contributed by atoms with Crippen LogP contribution in [0.25, 0.3) is 11.0 Å². The lowest BCUT2D eigenvalue weighted by molar-refractivity contribution is 0.302. The first-order valence-corrected chi connectivity index (χ1v) is 10.1. The molecular weight excluding hydrogens is 442 g/mol. The SMILES string of the molecule is Cc1cc(=O)oc2c(C)c(OCc3nnc(Nc4ccc(Br)cc4)s3)ccc12. The Hall–Kier alpha value is -2.71. The smallest absolute Gasteiger partial charge is 0.336 e. The van der Waals surface area contributed by atoms with E-state index in [0.717, 1.165) is 31.7 Å². The van der Waals surface area contributed by atoms with Gasteiger partial charge in [-0.1, -0.05) is 27.3 Å². The standard InChI is InChI=1S/C20H16BrN3O3S/c1-11-9-18(25)27-19-12(2)16(8-7-15(11)19)26-10-17-23-24-20(28-17)22-14-5-3-13(21)4-6-14/h3-9H,10H2,1-2H3,(H,22,24). The van der Waals surface area contributed by atoms with Crippen molar-refractivity contribution in [3.63, 3.8) is 0 Å². The minimum Gasteiger partial charge on any atom is -0.486 e. The highest BCUT2D eigenvalue weighted by Crippen LogP contribution is 2.29. The number of fused-ring (bicyclic) bond motifs is 1. The van der Waals surface area contributed by atoms with Crippen LogP contribution in [-0.2, 0) is 6.61 Å². The fourth-order valence-electron chi connectivity index (χ4n) is 2.82. The number of anilines is 2. The van der Waals surface area contributed by atoms with Crippen molar-refractivity contribution in [2.24, 2.45) is 0 Å². The van der Waals surface area contributed by atoms with Gasteiger partial charge in [-0.25, -0.2) is 4.79 Å². The molecule has 1 N–H and O–H groups in total. The fraction of sp³-hybridized carbons (Fsp3) is 0.150. The summed E-state index contributed by atoms with van der Waals surface area (Å²) >= 11 is 4.83. The van der Waals surface area contributed by atoms with Gasteiger partial charge in [0, 0.05) is 27.2 Å². The number of hydrogen-bond acceptors (Lipinski definition) is 7. The van der Waals surface area contributed by atoms with Gasteiger partial charge in [-0.05, 0) is 55.8 Å². The third-order valence-corrected chi connectivity index (χ3v) is 5.57. The number of halogens is 1. The van der Waals surface area contributed by atoms with Gasteiger partial charge in [0.15, 0.2) is 5.01 Å². The molecule has 0 bridgehead atoms. The maximum atomic E-state index is 11.7. The van der Waals surface area contributed by atoms with E-state index < -0.39 is 0 Å². The summed E-state index contributed by atoms with van der Waals surface area (Å²) in [6.45, 7) is 4.04. The largest absolute Gasteiger partial charge is 0.486 e. The summed E-state index contributed by atoms with van der Waals surface area (Å²) in [5.74, 6) is 0.652. The first-order chi connectivity index (χ1) is 13.5. The molecule has 0 aliphatic heterocycles. The quantitative estimate of drug-likeness (QED) is 0.407. The molecule has 0 aliphatic carbocycles. The minimum atomic E-state index is -0.363. The van der Waals surface area contributed by atoms with E-state index >= 15 is 0 Å². The summed E-state index contributed by atoms with van der Waals surface area (Å²) in [7, 11) is 0. The van der Waals surface area contributed by atoms with Gasteiger partial charge in [0.05, 0.1) is 0 Å². The Morgan fingerprint density at radius 1 is 1.14 bits per heavy atom. The molecule has 4 rings (SSSR count). The Morgan fingerprint density at radius 3 is 2.71 bits per heavy atom. The Morgan fingerprint density at radius 2 is 1.93 bits per heavy atom. The molecule has 142 valence electrons. The lowest BCUT2D eigenvalue weighted by atomic mass is 10.1. The lowest BCUT2D eigenvalue weighted by Crippen LogP contribution is -2.01. The van der Waals surface area contributed by atoms with Crippen molar-refractivity contribution in [3.05, 3.63) is 73.5 Å². The van der Waals surface area contributed by atoms with Crippen LogP contribution in [0.15, 0.2) is 56.1 Å². The highest BCUT2D eigenvalue weighted by atomic mass is 79.9. The fourth-order valence-corrected chi connectivity index (χ4v) is 3.75. The molecule has 2 aromatic carbocycles. The van der Waals surface area contributed by atoms with Crippen LogP contribution in [0.4, 0.5) is 10.8 Å². The molecule has 0 amide bonds. The predicted molar refractivity (Wildman–Crippen MR) is 114 cm³/mol. The highest BCUT2D eigenvalue weighted by Gasteiger charge is 2.11. The molecule has 28 heavy (non-hydrogen) atoms. The highest BCUT2D eigenvalue weighted by molar-refractivity contribution is 9.10. The van der Waals surface area contributed by atoms with Crippen molar-refractivity contribution < 1.29 is 9.15 Å². The molecule has 6 nitrogen and oxygen atoms in total. The summed E-state index contributed by atoms with van der Waals surface area (Å²) in [5.41, 5.74) is 2.79. The van der Waals surface area contributed by atoms with Gasteiger partial charge in [0.1, 0.15) is 17.9 Å². The van der Waals surface area contributed by atoms with Gasteiger partial charge in [0.2, 0.25) is 5.13 Å². The second-order valence-corrected chi connectivity index (χ2v) is 8.21. The summed E-state index contributed by atoms with van der Waals surface area (Å²) in [4.78, 5) is 11.7. The Balaban J connectivity index is 1.49. The monoisotopic (exact) mass is 457 g/mol. The second-order valence-electron chi connectivity index (χ2n) is 6.24. The zero-order valence-electron chi connectivity index (χ0n) is 15.2. The van der Waals surface area contributed by atoms with Crippen LogP contribution in [0.2, 0.25) is 0 Å². The number of benzene rings is 2. The number of nitrogens with one attached hydrogen (secondary N) is 1. The van der Waals surface area contributed by atoms with Crippen molar-refractivity contribution in [2.75, 3.05) is 5.32 Å². The van der Waals surface area contributed by atoms with Gasteiger partial charge in [-0.15, -0.1) is 10.2 Å². The van der Waals surface area contributed by atoms with E-state index in [2.05, 4.69) is 31.4 Å². The normalized spacial score (nSPS) is 11.0. The molecule has 8 heteroatoms. The number of hydrogen-bond donors (Lipinski definition) is 1.